The van der Waals surface area contributed by atoms with E-state index in [1.54, 1.807) is 6.07 Å². The van der Waals surface area contributed by atoms with Crippen LogP contribution in [0.4, 0.5) is 5.82 Å². The quantitative estimate of drug-likeness (QED) is 0.869. The van der Waals surface area contributed by atoms with Gasteiger partial charge in [0.15, 0.2) is 0 Å². The van der Waals surface area contributed by atoms with Gasteiger partial charge >= 0.3 is 5.97 Å². The molecule has 2 heterocycles. The summed E-state index contributed by atoms with van der Waals surface area (Å²) in [6, 6.07) is 1.15. The Hall–Kier alpha value is -1.85. The Morgan fingerprint density at radius 2 is 2.33 bits per heavy atom. The molecule has 0 aliphatic carbocycles. The molecule has 0 radical (unpaired) electrons. The van der Waals surface area contributed by atoms with Gasteiger partial charge in [-0.15, -0.1) is 0 Å². The van der Waals surface area contributed by atoms with E-state index in [-0.39, 0.29) is 0 Å². The van der Waals surface area contributed by atoms with Crippen LogP contribution in [0.3, 0.4) is 0 Å². The van der Waals surface area contributed by atoms with Crippen molar-refractivity contribution in [2.75, 3.05) is 18.6 Å². The summed E-state index contributed by atoms with van der Waals surface area (Å²) in [5.41, 5.74) is 0. The Balaban J connectivity index is 2.26. The second-order valence-electron chi connectivity index (χ2n) is 4.60. The first kappa shape index (κ1) is 12.6. The molecule has 2 unspecified atom stereocenters. The summed E-state index contributed by atoms with van der Waals surface area (Å²) in [6.45, 7) is 2.77. The van der Waals surface area contributed by atoms with Crippen LogP contribution in [0.5, 0.6) is 5.88 Å². The van der Waals surface area contributed by atoms with E-state index < -0.39 is 12.0 Å². The smallest absolute Gasteiger partial charge is 0.326 e. The molecule has 0 aromatic carbocycles. The second-order valence-corrected chi connectivity index (χ2v) is 4.60. The number of carboxylic acids is 1. The molecule has 1 fully saturated rings. The number of piperidine rings is 1. The van der Waals surface area contributed by atoms with Gasteiger partial charge in [0, 0.05) is 12.6 Å². The molecule has 2 atom stereocenters. The zero-order chi connectivity index (χ0) is 13.1. The van der Waals surface area contributed by atoms with Crippen molar-refractivity contribution in [1.29, 1.82) is 0 Å². The third kappa shape index (κ3) is 2.52. The van der Waals surface area contributed by atoms with Gasteiger partial charge in [0.1, 0.15) is 18.2 Å². The summed E-state index contributed by atoms with van der Waals surface area (Å²) in [6.07, 6.45) is 3.00. The van der Waals surface area contributed by atoms with Crippen molar-refractivity contribution in [3.8, 4) is 5.88 Å². The fourth-order valence-electron chi connectivity index (χ4n) is 2.25. The highest BCUT2D eigenvalue weighted by molar-refractivity contribution is 5.78. The van der Waals surface area contributed by atoms with Crippen molar-refractivity contribution in [3.63, 3.8) is 0 Å². The van der Waals surface area contributed by atoms with Gasteiger partial charge < -0.3 is 14.7 Å². The van der Waals surface area contributed by atoms with Gasteiger partial charge in [-0.05, 0) is 18.8 Å². The molecular weight excluding hydrogens is 234 g/mol. The van der Waals surface area contributed by atoms with E-state index in [0.29, 0.717) is 30.6 Å². The Morgan fingerprint density at radius 3 is 3.00 bits per heavy atom. The van der Waals surface area contributed by atoms with Gasteiger partial charge in [0.2, 0.25) is 5.88 Å². The zero-order valence-electron chi connectivity index (χ0n) is 10.5. The average Bonchev–Trinajstić information content (AvgIpc) is 2.38. The molecule has 6 nitrogen and oxygen atoms in total. The Kier molecular flexibility index (Phi) is 3.64. The first-order valence-electron chi connectivity index (χ1n) is 5.97. The number of ether oxygens (including phenoxy) is 1. The summed E-state index contributed by atoms with van der Waals surface area (Å²) in [5, 5.41) is 9.30. The molecule has 6 heteroatoms. The number of carboxylic acid groups (broad SMARTS) is 1. The third-order valence-corrected chi connectivity index (χ3v) is 3.28. The van der Waals surface area contributed by atoms with Crippen molar-refractivity contribution in [1.82, 2.24) is 9.97 Å². The van der Waals surface area contributed by atoms with Crippen molar-refractivity contribution in [2.45, 2.75) is 25.8 Å². The number of methoxy groups -OCH3 is 1. The molecule has 2 rings (SSSR count). The van der Waals surface area contributed by atoms with Crippen LogP contribution in [0.15, 0.2) is 12.4 Å². The Morgan fingerprint density at radius 1 is 1.56 bits per heavy atom. The largest absolute Gasteiger partial charge is 0.481 e. The lowest BCUT2D eigenvalue weighted by Crippen LogP contribution is -2.47. The first-order valence-corrected chi connectivity index (χ1v) is 5.97. The minimum Gasteiger partial charge on any atom is -0.481 e. The topological polar surface area (TPSA) is 75.5 Å². The monoisotopic (exact) mass is 251 g/mol. The average molecular weight is 251 g/mol. The minimum absolute atomic E-state index is 0.422. The molecule has 0 bridgehead atoms. The first-order chi connectivity index (χ1) is 8.61. The molecule has 1 aromatic rings. The van der Waals surface area contributed by atoms with Gasteiger partial charge in [-0.25, -0.2) is 14.8 Å². The SMILES string of the molecule is COc1cc(N2CCC(C)CC2C(=O)O)ncn1. The van der Waals surface area contributed by atoms with Gasteiger partial charge in [0.05, 0.1) is 7.11 Å². The predicted molar refractivity (Wildman–Crippen MR) is 65.8 cm³/mol. The van der Waals surface area contributed by atoms with Crippen molar-refractivity contribution in [3.05, 3.63) is 12.4 Å². The highest BCUT2D eigenvalue weighted by Gasteiger charge is 2.32. The van der Waals surface area contributed by atoms with Crippen LogP contribution in [0, 0.1) is 5.92 Å². The van der Waals surface area contributed by atoms with Crippen molar-refractivity contribution >= 4 is 11.8 Å². The number of rotatable bonds is 3. The van der Waals surface area contributed by atoms with E-state index in [2.05, 4.69) is 16.9 Å². The molecule has 0 saturated carbocycles. The standard InChI is InChI=1S/C12H17N3O3/c1-8-3-4-15(9(5-8)12(16)17)10-6-11(18-2)14-7-13-10/h6-9H,3-5H2,1-2H3,(H,16,17). The van der Waals surface area contributed by atoms with Crippen LogP contribution in [0.25, 0.3) is 0 Å². The molecular formula is C12H17N3O3. The lowest BCUT2D eigenvalue weighted by Gasteiger charge is -2.36. The summed E-state index contributed by atoms with van der Waals surface area (Å²) < 4.78 is 5.04. The highest BCUT2D eigenvalue weighted by atomic mass is 16.5. The number of carbonyl (C=O) groups is 1. The van der Waals surface area contributed by atoms with E-state index in [9.17, 15) is 9.90 Å². The van der Waals surface area contributed by atoms with E-state index in [0.717, 1.165) is 6.42 Å². The summed E-state index contributed by atoms with van der Waals surface area (Å²) in [7, 11) is 1.53. The molecule has 1 aliphatic heterocycles. The lowest BCUT2D eigenvalue weighted by atomic mass is 9.92. The van der Waals surface area contributed by atoms with E-state index in [1.165, 1.54) is 13.4 Å². The normalized spacial score (nSPS) is 23.8. The van der Waals surface area contributed by atoms with Crippen molar-refractivity contribution in [2.24, 2.45) is 5.92 Å². The second kappa shape index (κ2) is 5.20. The van der Waals surface area contributed by atoms with Crippen LogP contribution < -0.4 is 9.64 Å². The Bertz CT molecular complexity index is 438. The van der Waals surface area contributed by atoms with E-state index in [4.69, 9.17) is 4.74 Å². The van der Waals surface area contributed by atoms with Gasteiger partial charge in [-0.3, -0.25) is 0 Å². The van der Waals surface area contributed by atoms with Crippen molar-refractivity contribution < 1.29 is 14.6 Å². The van der Waals surface area contributed by atoms with Gasteiger partial charge in [0.25, 0.3) is 0 Å². The molecule has 0 amide bonds. The molecule has 98 valence electrons. The number of aliphatic carboxylic acids is 1. The third-order valence-electron chi connectivity index (χ3n) is 3.28. The summed E-state index contributed by atoms with van der Waals surface area (Å²) in [4.78, 5) is 21.2. The van der Waals surface area contributed by atoms with E-state index >= 15 is 0 Å². The number of hydrogen-bond acceptors (Lipinski definition) is 5. The summed E-state index contributed by atoms with van der Waals surface area (Å²) in [5.74, 6) is 0.675. The maximum atomic E-state index is 11.3. The van der Waals surface area contributed by atoms with Crippen LogP contribution >= 0.6 is 0 Å². The Labute approximate surface area is 106 Å². The van der Waals surface area contributed by atoms with Crippen LogP contribution in [-0.4, -0.2) is 40.7 Å². The number of anilines is 1. The maximum Gasteiger partial charge on any atom is 0.326 e. The zero-order valence-corrected chi connectivity index (χ0v) is 10.5. The minimum atomic E-state index is -0.806. The number of nitrogens with zero attached hydrogens (tertiary/aromatic N) is 3. The molecule has 1 N–H and O–H groups in total. The lowest BCUT2D eigenvalue weighted by molar-refractivity contribution is -0.139. The maximum absolute atomic E-state index is 11.3. The fraction of sp³-hybridized carbons (Fsp3) is 0.583. The fourth-order valence-corrected chi connectivity index (χ4v) is 2.25. The molecule has 0 spiro atoms. The van der Waals surface area contributed by atoms with Gasteiger partial charge in [-0.2, -0.15) is 0 Å². The van der Waals surface area contributed by atoms with Crippen LogP contribution in [0.2, 0.25) is 0 Å². The van der Waals surface area contributed by atoms with Gasteiger partial charge in [-0.1, -0.05) is 6.92 Å². The van der Waals surface area contributed by atoms with Crippen LogP contribution in [-0.2, 0) is 4.79 Å². The highest BCUT2D eigenvalue weighted by Crippen LogP contribution is 2.27. The number of hydrogen-bond donors (Lipinski definition) is 1. The molecule has 1 aliphatic rings. The number of aromatic nitrogens is 2. The molecule has 1 saturated heterocycles. The predicted octanol–water partition coefficient (Wildman–Crippen LogP) is 1.17. The summed E-state index contributed by atoms with van der Waals surface area (Å²) >= 11 is 0. The van der Waals surface area contributed by atoms with E-state index in [1.807, 2.05) is 4.90 Å². The molecule has 18 heavy (non-hydrogen) atoms. The van der Waals surface area contributed by atoms with Crippen LogP contribution in [0.1, 0.15) is 19.8 Å². The molecule has 1 aromatic heterocycles.